The molecule has 0 aliphatic heterocycles. The SMILES string of the molecule is c1ccc2c(-c3c4ccccc4c(-c4ccc5oc6c7ccccc7ccc6c5c4)c4ccccc34)cccc2c1. The van der Waals surface area contributed by atoms with Gasteiger partial charge in [-0.25, -0.2) is 0 Å². The summed E-state index contributed by atoms with van der Waals surface area (Å²) in [4.78, 5) is 0. The molecule has 1 nitrogen and oxygen atoms in total. The van der Waals surface area contributed by atoms with E-state index in [1.54, 1.807) is 0 Å². The van der Waals surface area contributed by atoms with Crippen LogP contribution in [0.5, 0.6) is 0 Å². The molecule has 1 aromatic heterocycles. The smallest absolute Gasteiger partial charge is 0.143 e. The maximum absolute atomic E-state index is 6.45. The van der Waals surface area contributed by atoms with Gasteiger partial charge in [0.1, 0.15) is 11.2 Å². The number of rotatable bonds is 2. The van der Waals surface area contributed by atoms with Crippen LogP contribution in [0.15, 0.2) is 150 Å². The topological polar surface area (TPSA) is 13.1 Å². The summed E-state index contributed by atoms with van der Waals surface area (Å²) in [6.07, 6.45) is 0. The summed E-state index contributed by atoms with van der Waals surface area (Å²) in [6.45, 7) is 0. The second kappa shape index (κ2) is 8.55. The highest BCUT2D eigenvalue weighted by atomic mass is 16.3. The molecule has 0 atom stereocenters. The molecule has 41 heavy (non-hydrogen) atoms. The third-order valence-electron chi connectivity index (χ3n) is 8.64. The first-order valence-corrected chi connectivity index (χ1v) is 14.1. The molecule has 0 N–H and O–H groups in total. The van der Waals surface area contributed by atoms with Crippen molar-refractivity contribution in [2.24, 2.45) is 0 Å². The van der Waals surface area contributed by atoms with Gasteiger partial charge in [0.15, 0.2) is 0 Å². The number of furan rings is 1. The summed E-state index contributed by atoms with van der Waals surface area (Å²) < 4.78 is 6.45. The Balaban J connectivity index is 1.39. The fraction of sp³-hybridized carbons (Fsp3) is 0. The minimum Gasteiger partial charge on any atom is -0.455 e. The second-order valence-corrected chi connectivity index (χ2v) is 10.8. The first-order valence-electron chi connectivity index (χ1n) is 14.1. The molecule has 0 saturated heterocycles. The van der Waals surface area contributed by atoms with Crippen LogP contribution >= 0.6 is 0 Å². The van der Waals surface area contributed by atoms with E-state index in [1.807, 2.05) is 0 Å². The van der Waals surface area contributed by atoms with Gasteiger partial charge < -0.3 is 4.42 Å². The van der Waals surface area contributed by atoms with Gasteiger partial charge in [-0.15, -0.1) is 0 Å². The summed E-state index contributed by atoms with van der Waals surface area (Å²) in [6, 6.07) is 52.6. The lowest BCUT2D eigenvalue weighted by Gasteiger charge is -2.18. The quantitative estimate of drug-likeness (QED) is 0.207. The molecule has 190 valence electrons. The first kappa shape index (κ1) is 22.4. The van der Waals surface area contributed by atoms with E-state index in [9.17, 15) is 0 Å². The normalized spacial score (nSPS) is 11.9. The lowest BCUT2D eigenvalue weighted by molar-refractivity contribution is 0.672. The zero-order valence-corrected chi connectivity index (χ0v) is 22.3. The number of benzene rings is 8. The summed E-state index contributed by atoms with van der Waals surface area (Å²) >= 11 is 0. The maximum Gasteiger partial charge on any atom is 0.143 e. The van der Waals surface area contributed by atoms with Crippen LogP contribution in [-0.2, 0) is 0 Å². The second-order valence-electron chi connectivity index (χ2n) is 10.8. The molecule has 1 heterocycles. The summed E-state index contributed by atoms with van der Waals surface area (Å²) in [5.41, 5.74) is 6.89. The average Bonchev–Trinajstić information content (AvgIpc) is 3.42. The van der Waals surface area contributed by atoms with Crippen LogP contribution in [-0.4, -0.2) is 0 Å². The highest BCUT2D eigenvalue weighted by molar-refractivity contribution is 6.24. The van der Waals surface area contributed by atoms with E-state index in [0.717, 1.165) is 27.3 Å². The van der Waals surface area contributed by atoms with E-state index >= 15 is 0 Å². The molecule has 0 amide bonds. The van der Waals surface area contributed by atoms with Crippen molar-refractivity contribution < 1.29 is 4.42 Å². The van der Waals surface area contributed by atoms with Gasteiger partial charge in [-0.2, -0.15) is 0 Å². The number of fused-ring (bicyclic) bond motifs is 8. The summed E-state index contributed by atoms with van der Waals surface area (Å²) in [5, 5.41) is 12.2. The van der Waals surface area contributed by atoms with E-state index in [4.69, 9.17) is 4.42 Å². The number of hydrogen-bond donors (Lipinski definition) is 0. The Morgan fingerprint density at radius 2 is 0.902 bits per heavy atom. The Labute approximate surface area is 236 Å². The monoisotopic (exact) mass is 520 g/mol. The standard InChI is InChI=1S/C40H24O/c1-3-13-28-25(10-1)12-9-19-30(28)39-33-17-7-5-15-31(33)38(32-16-6-8-18-34(32)39)27-21-23-37-36(24-27)35-22-20-26-11-2-4-14-29(26)40(35)41-37/h1-24H. The lowest BCUT2D eigenvalue weighted by Crippen LogP contribution is -1.91. The van der Waals surface area contributed by atoms with Gasteiger partial charge in [0.2, 0.25) is 0 Å². The molecule has 0 saturated carbocycles. The summed E-state index contributed by atoms with van der Waals surface area (Å²) in [5.74, 6) is 0. The molecule has 0 radical (unpaired) electrons. The summed E-state index contributed by atoms with van der Waals surface area (Å²) in [7, 11) is 0. The molecular formula is C40H24O. The molecule has 0 unspecified atom stereocenters. The van der Waals surface area contributed by atoms with E-state index in [2.05, 4.69) is 146 Å². The Morgan fingerprint density at radius 1 is 0.341 bits per heavy atom. The van der Waals surface area contributed by atoms with Gasteiger partial charge in [0.25, 0.3) is 0 Å². The van der Waals surface area contributed by atoms with Crippen molar-refractivity contribution in [2.45, 2.75) is 0 Å². The molecule has 0 fully saturated rings. The molecule has 9 aromatic rings. The highest BCUT2D eigenvalue weighted by Crippen LogP contribution is 2.46. The van der Waals surface area contributed by atoms with Crippen LogP contribution in [0.2, 0.25) is 0 Å². The van der Waals surface area contributed by atoms with Gasteiger partial charge in [-0.1, -0.05) is 127 Å². The van der Waals surface area contributed by atoms with Gasteiger partial charge >= 0.3 is 0 Å². The molecule has 9 rings (SSSR count). The van der Waals surface area contributed by atoms with E-state index < -0.39 is 0 Å². The predicted molar refractivity (Wildman–Crippen MR) is 175 cm³/mol. The van der Waals surface area contributed by atoms with E-state index in [1.165, 1.54) is 60.0 Å². The minimum absolute atomic E-state index is 0.918. The fourth-order valence-corrected chi connectivity index (χ4v) is 6.83. The average molecular weight is 521 g/mol. The van der Waals surface area contributed by atoms with Crippen LogP contribution in [0, 0.1) is 0 Å². The molecule has 0 spiro atoms. The Hall–Kier alpha value is -5.40. The fourth-order valence-electron chi connectivity index (χ4n) is 6.83. The van der Waals surface area contributed by atoms with Gasteiger partial charge in [0.05, 0.1) is 0 Å². The first-order chi connectivity index (χ1) is 20.3. The third kappa shape index (κ3) is 3.24. The predicted octanol–water partition coefficient (Wildman–Crippen LogP) is 11.5. The molecule has 1 heteroatoms. The van der Waals surface area contributed by atoms with Crippen LogP contribution in [0.1, 0.15) is 0 Å². The Morgan fingerprint density at radius 3 is 1.61 bits per heavy atom. The zero-order chi connectivity index (χ0) is 26.9. The van der Waals surface area contributed by atoms with Gasteiger partial charge in [-0.05, 0) is 78.2 Å². The largest absolute Gasteiger partial charge is 0.455 e. The minimum atomic E-state index is 0.918. The Kier molecular flexibility index (Phi) is 4.67. The van der Waals surface area contributed by atoms with Crippen molar-refractivity contribution in [3.63, 3.8) is 0 Å². The molecule has 0 bridgehead atoms. The van der Waals surface area contributed by atoms with Crippen LogP contribution in [0.3, 0.4) is 0 Å². The van der Waals surface area contributed by atoms with Crippen LogP contribution in [0.25, 0.3) is 87.3 Å². The lowest BCUT2D eigenvalue weighted by atomic mass is 9.84. The van der Waals surface area contributed by atoms with E-state index in [-0.39, 0.29) is 0 Å². The molecule has 0 aliphatic rings. The van der Waals surface area contributed by atoms with Crippen molar-refractivity contribution in [2.75, 3.05) is 0 Å². The van der Waals surface area contributed by atoms with E-state index in [0.29, 0.717) is 0 Å². The van der Waals surface area contributed by atoms with Crippen molar-refractivity contribution in [1.29, 1.82) is 0 Å². The maximum atomic E-state index is 6.45. The van der Waals surface area contributed by atoms with Gasteiger partial charge in [0, 0.05) is 16.2 Å². The Bertz CT molecular complexity index is 2410. The van der Waals surface area contributed by atoms with Crippen molar-refractivity contribution in [3.8, 4) is 22.3 Å². The third-order valence-corrected chi connectivity index (χ3v) is 8.64. The molecule has 8 aromatic carbocycles. The molecule has 0 aliphatic carbocycles. The van der Waals surface area contributed by atoms with Crippen molar-refractivity contribution in [3.05, 3.63) is 146 Å². The number of hydrogen-bond acceptors (Lipinski definition) is 1. The van der Waals surface area contributed by atoms with Crippen LogP contribution < -0.4 is 0 Å². The van der Waals surface area contributed by atoms with Crippen molar-refractivity contribution in [1.82, 2.24) is 0 Å². The molecular weight excluding hydrogens is 496 g/mol. The highest BCUT2D eigenvalue weighted by Gasteiger charge is 2.19. The zero-order valence-electron chi connectivity index (χ0n) is 22.3. The van der Waals surface area contributed by atoms with Gasteiger partial charge in [-0.3, -0.25) is 0 Å². The van der Waals surface area contributed by atoms with Crippen molar-refractivity contribution >= 4 is 65.0 Å². The van der Waals surface area contributed by atoms with Crippen LogP contribution in [0.4, 0.5) is 0 Å².